The van der Waals surface area contributed by atoms with Crippen molar-refractivity contribution in [3.8, 4) is 0 Å². The Labute approximate surface area is 248 Å². The van der Waals surface area contributed by atoms with E-state index in [1.807, 2.05) is 5.06 Å². The van der Waals surface area contributed by atoms with Crippen molar-refractivity contribution in [2.45, 2.75) is 150 Å². The molecule has 0 aliphatic heterocycles. The number of hydrogen-bond acceptors (Lipinski definition) is 4. The minimum atomic E-state index is -0.436. The molecule has 0 aromatic heterocycles. The normalized spacial score (nSPS) is 50.5. The van der Waals surface area contributed by atoms with E-state index in [0.29, 0.717) is 11.7 Å². The number of nitrogens with zero attached hydrogens (tertiary/aromatic N) is 1. The molecule has 0 spiro atoms. The van der Waals surface area contributed by atoms with Gasteiger partial charge in [-0.15, -0.1) is 0 Å². The van der Waals surface area contributed by atoms with Crippen LogP contribution in [0.25, 0.3) is 0 Å². The average molecular weight is 565 g/mol. The Morgan fingerprint density at radius 2 is 1.56 bits per heavy atom. The Morgan fingerprint density at radius 1 is 0.878 bits per heavy atom. The lowest BCUT2D eigenvalue weighted by atomic mass is 9.33. The summed E-state index contributed by atoms with van der Waals surface area (Å²) in [5, 5.41) is 1.82. The van der Waals surface area contributed by atoms with Crippen LogP contribution in [-0.4, -0.2) is 34.9 Å². The summed E-state index contributed by atoms with van der Waals surface area (Å²) in [5.41, 5.74) is 7.78. The number of hydroxylamine groups is 2. The largest absolute Gasteiger partial charge is 0.327 e. The molecule has 9 atom stereocenters. The lowest BCUT2D eigenvalue weighted by molar-refractivity contribution is -0.210. The van der Waals surface area contributed by atoms with Gasteiger partial charge in [0.05, 0.1) is 12.1 Å². The molecule has 0 aromatic carbocycles. The van der Waals surface area contributed by atoms with Gasteiger partial charge in [0, 0.05) is 17.4 Å². The molecule has 5 nitrogen and oxygen atoms in total. The van der Waals surface area contributed by atoms with Crippen LogP contribution in [0.5, 0.6) is 0 Å². The lowest BCUT2D eigenvalue weighted by Crippen LogP contribution is -2.67. The highest BCUT2D eigenvalue weighted by Gasteiger charge is 2.70. The molecule has 41 heavy (non-hydrogen) atoms. The van der Waals surface area contributed by atoms with E-state index in [4.69, 9.17) is 10.6 Å². The highest BCUT2D eigenvalue weighted by molar-refractivity contribution is 5.95. The maximum absolute atomic E-state index is 14.6. The predicted octanol–water partition coefficient (Wildman–Crippen LogP) is 7.38. The van der Waals surface area contributed by atoms with Gasteiger partial charge in [-0.05, 0) is 128 Å². The van der Waals surface area contributed by atoms with Crippen LogP contribution in [0.4, 0.5) is 0 Å². The van der Waals surface area contributed by atoms with Crippen molar-refractivity contribution in [3.63, 3.8) is 0 Å². The number of fused-ring (bicyclic) bond motifs is 7. The Morgan fingerprint density at radius 3 is 2.22 bits per heavy atom. The van der Waals surface area contributed by atoms with Crippen LogP contribution < -0.4 is 5.73 Å². The second-order valence-electron chi connectivity index (χ2n) is 17.9. The number of rotatable bonds is 4. The van der Waals surface area contributed by atoms with Crippen LogP contribution >= 0.6 is 0 Å². The van der Waals surface area contributed by atoms with Gasteiger partial charge < -0.3 is 5.73 Å². The van der Waals surface area contributed by atoms with Gasteiger partial charge in [-0.3, -0.25) is 14.4 Å². The molecule has 0 heterocycles. The van der Waals surface area contributed by atoms with Crippen molar-refractivity contribution in [2.24, 2.45) is 56.0 Å². The second kappa shape index (κ2) is 8.71. The number of nitrogens with two attached hydrogens (primary N) is 1. The van der Waals surface area contributed by atoms with Crippen molar-refractivity contribution in [3.05, 3.63) is 11.6 Å². The molecular weight excluding hydrogens is 508 g/mol. The molecule has 7 rings (SSSR count). The molecule has 7 aliphatic carbocycles. The fraction of sp³-hybridized carbons (Fsp3) is 0.889. The quantitative estimate of drug-likeness (QED) is 0.362. The van der Waals surface area contributed by atoms with Crippen LogP contribution in [0.15, 0.2) is 11.6 Å². The summed E-state index contributed by atoms with van der Waals surface area (Å²) < 4.78 is 0. The van der Waals surface area contributed by atoms with Crippen LogP contribution in [0.1, 0.15) is 132 Å². The fourth-order valence-corrected chi connectivity index (χ4v) is 11.6. The van der Waals surface area contributed by atoms with Gasteiger partial charge in [0.25, 0.3) is 5.91 Å². The van der Waals surface area contributed by atoms with Gasteiger partial charge in [-0.2, -0.15) is 0 Å². The number of hydrogen-bond donors (Lipinski definition) is 1. The standard InChI is InChI=1S/C36H56N2O3/c1-31(2)27-12-15-36(7)29(34(27,5)14-13-28(31)37)26(39)20-24-25-21-33(4,17-16-32(25,3)18-19-35(24,36)6)30(40)38(22-8-9-22)41-23-10-11-23/h20,22-23,25,27-29H,8-19,21,37H2,1-7H3/t25-,27?,28-,29+,32+,33-,34-,35+,36+/m0/s1. The van der Waals surface area contributed by atoms with Crippen LogP contribution in [-0.2, 0) is 14.4 Å². The molecule has 6 fully saturated rings. The first kappa shape index (κ1) is 28.6. The molecule has 0 bridgehead atoms. The molecule has 1 unspecified atom stereocenters. The molecule has 1 amide bonds. The fourth-order valence-electron chi connectivity index (χ4n) is 11.6. The minimum Gasteiger partial charge on any atom is -0.327 e. The molecule has 6 saturated carbocycles. The summed E-state index contributed by atoms with van der Waals surface area (Å²) >= 11 is 0. The summed E-state index contributed by atoms with van der Waals surface area (Å²) in [6.45, 7) is 16.8. The predicted molar refractivity (Wildman–Crippen MR) is 161 cm³/mol. The summed E-state index contributed by atoms with van der Waals surface area (Å²) in [4.78, 5) is 35.1. The van der Waals surface area contributed by atoms with E-state index in [9.17, 15) is 9.59 Å². The maximum Gasteiger partial charge on any atom is 0.252 e. The number of carbonyl (C=O) groups is 2. The van der Waals surface area contributed by atoms with E-state index >= 15 is 0 Å². The third-order valence-corrected chi connectivity index (χ3v) is 15.1. The Balaban J connectivity index is 1.25. The van der Waals surface area contributed by atoms with Crippen molar-refractivity contribution in [1.29, 1.82) is 0 Å². The molecular formula is C36H56N2O3. The van der Waals surface area contributed by atoms with E-state index < -0.39 is 5.41 Å². The molecule has 2 N–H and O–H groups in total. The Hall–Kier alpha value is -1.20. The molecule has 5 heteroatoms. The SMILES string of the molecule is CC1(C)C2CC[C@]3(C)[C@H](C(=O)C=C4[C@@H]5C[C@@](C)(C(=O)N(OC6CC6)C6CC6)CC[C@]5(C)CC[C@]43C)[C@@]2(C)CC[C@@H]1N. The van der Waals surface area contributed by atoms with Crippen molar-refractivity contribution >= 4 is 11.7 Å². The average Bonchev–Trinajstić information content (AvgIpc) is 3.82. The maximum atomic E-state index is 14.6. The van der Waals surface area contributed by atoms with Gasteiger partial charge in [-0.1, -0.05) is 54.0 Å². The monoisotopic (exact) mass is 564 g/mol. The van der Waals surface area contributed by atoms with E-state index in [0.717, 1.165) is 77.0 Å². The van der Waals surface area contributed by atoms with Crippen LogP contribution in [0.3, 0.4) is 0 Å². The first-order valence-corrected chi connectivity index (χ1v) is 17.1. The Bertz CT molecular complexity index is 1190. The van der Waals surface area contributed by atoms with Crippen molar-refractivity contribution in [1.82, 2.24) is 5.06 Å². The number of ketones is 1. The number of allylic oxidation sites excluding steroid dienone is 2. The topological polar surface area (TPSA) is 72.6 Å². The zero-order valence-electron chi connectivity index (χ0n) is 27.0. The molecule has 0 saturated heterocycles. The number of amides is 1. The third-order valence-electron chi connectivity index (χ3n) is 15.1. The van der Waals surface area contributed by atoms with E-state index in [-0.39, 0.29) is 63.0 Å². The second-order valence-corrected chi connectivity index (χ2v) is 17.9. The van der Waals surface area contributed by atoms with Gasteiger partial charge >= 0.3 is 0 Å². The first-order chi connectivity index (χ1) is 19.1. The highest BCUT2D eigenvalue weighted by Crippen LogP contribution is 2.75. The Kier molecular flexibility index (Phi) is 6.07. The molecule has 0 radical (unpaired) electrons. The van der Waals surface area contributed by atoms with Gasteiger partial charge in [0.15, 0.2) is 5.78 Å². The van der Waals surface area contributed by atoms with Gasteiger partial charge in [0.2, 0.25) is 0 Å². The van der Waals surface area contributed by atoms with E-state index in [1.54, 1.807) is 0 Å². The third kappa shape index (κ3) is 3.85. The highest BCUT2D eigenvalue weighted by atomic mass is 16.7. The number of carbonyl (C=O) groups excluding carboxylic acids is 2. The van der Waals surface area contributed by atoms with Crippen LogP contribution in [0, 0.1) is 50.2 Å². The minimum absolute atomic E-state index is 0.0167. The molecule has 0 aromatic rings. The van der Waals surface area contributed by atoms with E-state index in [2.05, 4.69) is 54.5 Å². The summed E-state index contributed by atoms with van der Waals surface area (Å²) in [7, 11) is 0. The zero-order valence-corrected chi connectivity index (χ0v) is 27.0. The molecule has 7 aliphatic rings. The zero-order chi connectivity index (χ0) is 29.4. The van der Waals surface area contributed by atoms with Crippen molar-refractivity contribution in [2.75, 3.05) is 0 Å². The molecule has 228 valence electrons. The summed E-state index contributed by atoms with van der Waals surface area (Å²) in [6, 6.07) is 0.473. The van der Waals surface area contributed by atoms with Gasteiger partial charge in [0.1, 0.15) is 0 Å². The van der Waals surface area contributed by atoms with Crippen molar-refractivity contribution < 1.29 is 14.4 Å². The first-order valence-electron chi connectivity index (χ1n) is 17.1. The lowest BCUT2D eigenvalue weighted by Gasteiger charge is -2.70. The smallest absolute Gasteiger partial charge is 0.252 e. The van der Waals surface area contributed by atoms with E-state index in [1.165, 1.54) is 12.0 Å². The van der Waals surface area contributed by atoms with Gasteiger partial charge in [-0.25, -0.2) is 5.06 Å². The van der Waals surface area contributed by atoms with Crippen LogP contribution in [0.2, 0.25) is 0 Å². The summed E-state index contributed by atoms with van der Waals surface area (Å²) in [6.07, 6.45) is 16.1. The summed E-state index contributed by atoms with van der Waals surface area (Å²) in [5.74, 6) is 1.38.